The lowest BCUT2D eigenvalue weighted by molar-refractivity contribution is 0.0976. The van der Waals surface area contributed by atoms with Crippen molar-refractivity contribution >= 4 is 11.5 Å². The third-order valence-corrected chi connectivity index (χ3v) is 3.87. The number of hydrogen-bond donors (Lipinski definition) is 1. The molecule has 0 saturated heterocycles. The third-order valence-electron chi connectivity index (χ3n) is 3.87. The van der Waals surface area contributed by atoms with Crippen molar-refractivity contribution in [3.63, 3.8) is 0 Å². The molecule has 0 heterocycles. The summed E-state index contributed by atoms with van der Waals surface area (Å²) in [5, 5.41) is 3.34. The van der Waals surface area contributed by atoms with Crippen LogP contribution in [0.4, 0.5) is 10.1 Å². The number of Topliss-reactive ketones (excluding diaryl/α,β-unsaturated/α-hetero) is 1. The van der Waals surface area contributed by atoms with Crippen molar-refractivity contribution in [3.8, 4) is 0 Å². The quantitative estimate of drug-likeness (QED) is 0.629. The van der Waals surface area contributed by atoms with Gasteiger partial charge in [-0.15, -0.1) is 0 Å². The standard InChI is InChI=1S/C21H18FNO/c22-18-11-13-19(14-12-18)23-20(16-7-3-1-4-8-16)15-21(24)17-9-5-2-6-10-17/h1-14,20,23H,15H2/t20-/m1/s1. The summed E-state index contributed by atoms with van der Waals surface area (Å²) in [5.41, 5.74) is 2.50. The van der Waals surface area contributed by atoms with Crippen molar-refractivity contribution < 1.29 is 9.18 Å². The lowest BCUT2D eigenvalue weighted by Gasteiger charge is -2.20. The van der Waals surface area contributed by atoms with Gasteiger partial charge in [-0.1, -0.05) is 60.7 Å². The molecule has 0 aliphatic carbocycles. The first kappa shape index (κ1) is 15.9. The van der Waals surface area contributed by atoms with E-state index in [2.05, 4.69) is 5.32 Å². The largest absolute Gasteiger partial charge is 0.378 e. The fraction of sp³-hybridized carbons (Fsp3) is 0.0952. The number of carbonyl (C=O) groups excluding carboxylic acids is 1. The molecular weight excluding hydrogens is 301 g/mol. The Morgan fingerprint density at radius 3 is 2.04 bits per heavy atom. The maximum absolute atomic E-state index is 13.1. The van der Waals surface area contributed by atoms with Crippen LogP contribution in [0.15, 0.2) is 84.9 Å². The summed E-state index contributed by atoms with van der Waals surface area (Å²) in [6.45, 7) is 0. The molecule has 3 aromatic carbocycles. The molecule has 0 fully saturated rings. The fourth-order valence-corrected chi connectivity index (χ4v) is 2.61. The zero-order valence-corrected chi connectivity index (χ0v) is 13.2. The van der Waals surface area contributed by atoms with E-state index in [0.29, 0.717) is 12.0 Å². The number of benzene rings is 3. The van der Waals surface area contributed by atoms with E-state index in [4.69, 9.17) is 0 Å². The molecule has 0 aliphatic rings. The van der Waals surface area contributed by atoms with Crippen LogP contribution in [0.1, 0.15) is 28.4 Å². The summed E-state index contributed by atoms with van der Waals surface area (Å²) in [7, 11) is 0. The van der Waals surface area contributed by atoms with Crippen LogP contribution in [0.2, 0.25) is 0 Å². The highest BCUT2D eigenvalue weighted by Crippen LogP contribution is 2.24. The Labute approximate surface area is 141 Å². The second kappa shape index (κ2) is 7.55. The topological polar surface area (TPSA) is 29.1 Å². The highest BCUT2D eigenvalue weighted by atomic mass is 19.1. The van der Waals surface area contributed by atoms with Gasteiger partial charge in [0.1, 0.15) is 5.82 Å². The summed E-state index contributed by atoms with van der Waals surface area (Å²) in [6, 6.07) is 25.1. The molecule has 0 radical (unpaired) electrons. The van der Waals surface area contributed by atoms with Crippen molar-refractivity contribution in [2.45, 2.75) is 12.5 Å². The molecule has 0 aliphatic heterocycles. The average Bonchev–Trinajstić information content (AvgIpc) is 2.64. The molecule has 3 heteroatoms. The number of ketones is 1. The Balaban J connectivity index is 1.82. The monoisotopic (exact) mass is 319 g/mol. The second-order valence-corrected chi connectivity index (χ2v) is 5.61. The number of halogens is 1. The van der Waals surface area contributed by atoms with Gasteiger partial charge in [0.05, 0.1) is 6.04 Å². The van der Waals surface area contributed by atoms with Crippen molar-refractivity contribution in [1.82, 2.24) is 0 Å². The predicted octanol–water partition coefficient (Wildman–Crippen LogP) is 5.25. The van der Waals surface area contributed by atoms with Gasteiger partial charge in [-0.25, -0.2) is 4.39 Å². The van der Waals surface area contributed by atoms with Gasteiger partial charge in [0, 0.05) is 17.7 Å². The normalized spacial score (nSPS) is 11.7. The molecule has 2 nitrogen and oxygen atoms in total. The van der Waals surface area contributed by atoms with Gasteiger partial charge in [-0.2, -0.15) is 0 Å². The first-order chi connectivity index (χ1) is 11.7. The van der Waals surface area contributed by atoms with Crippen LogP contribution in [-0.2, 0) is 0 Å². The van der Waals surface area contributed by atoms with Crippen LogP contribution in [0.5, 0.6) is 0 Å². The SMILES string of the molecule is O=C(C[C@@H](Nc1ccc(F)cc1)c1ccccc1)c1ccccc1. The van der Waals surface area contributed by atoms with E-state index in [0.717, 1.165) is 11.3 Å². The Morgan fingerprint density at radius 2 is 1.42 bits per heavy atom. The van der Waals surface area contributed by atoms with Crippen LogP contribution in [0.3, 0.4) is 0 Å². The number of anilines is 1. The van der Waals surface area contributed by atoms with E-state index < -0.39 is 0 Å². The summed E-state index contributed by atoms with van der Waals surface area (Å²) in [5.74, 6) is -0.212. The average molecular weight is 319 g/mol. The van der Waals surface area contributed by atoms with E-state index in [1.807, 2.05) is 60.7 Å². The van der Waals surface area contributed by atoms with Gasteiger partial charge in [-0.3, -0.25) is 4.79 Å². The Morgan fingerprint density at radius 1 is 0.833 bits per heavy atom. The maximum Gasteiger partial charge on any atom is 0.165 e. The van der Waals surface area contributed by atoms with E-state index in [-0.39, 0.29) is 17.6 Å². The van der Waals surface area contributed by atoms with Crippen molar-refractivity contribution in [3.05, 3.63) is 102 Å². The van der Waals surface area contributed by atoms with E-state index in [1.165, 1.54) is 12.1 Å². The lowest BCUT2D eigenvalue weighted by atomic mass is 9.97. The molecule has 0 saturated carbocycles. The number of rotatable bonds is 6. The molecule has 1 atom stereocenters. The van der Waals surface area contributed by atoms with Crippen LogP contribution in [0.25, 0.3) is 0 Å². The van der Waals surface area contributed by atoms with Gasteiger partial charge in [0.2, 0.25) is 0 Å². The third kappa shape index (κ3) is 4.07. The molecule has 24 heavy (non-hydrogen) atoms. The van der Waals surface area contributed by atoms with E-state index in [9.17, 15) is 9.18 Å². The van der Waals surface area contributed by atoms with Crippen LogP contribution in [-0.4, -0.2) is 5.78 Å². The van der Waals surface area contributed by atoms with Gasteiger partial charge in [0.15, 0.2) is 5.78 Å². The van der Waals surface area contributed by atoms with E-state index in [1.54, 1.807) is 12.1 Å². The Hall–Kier alpha value is -2.94. The highest BCUT2D eigenvalue weighted by Gasteiger charge is 2.17. The molecule has 0 aromatic heterocycles. The van der Waals surface area contributed by atoms with Gasteiger partial charge in [0.25, 0.3) is 0 Å². The van der Waals surface area contributed by atoms with Crippen molar-refractivity contribution in [2.24, 2.45) is 0 Å². The number of hydrogen-bond acceptors (Lipinski definition) is 2. The smallest absolute Gasteiger partial charge is 0.165 e. The lowest BCUT2D eigenvalue weighted by Crippen LogP contribution is -2.15. The summed E-state index contributed by atoms with van der Waals surface area (Å²) in [4.78, 5) is 12.6. The van der Waals surface area contributed by atoms with Gasteiger partial charge >= 0.3 is 0 Å². The first-order valence-electron chi connectivity index (χ1n) is 7.87. The maximum atomic E-state index is 13.1. The molecule has 3 aromatic rings. The number of nitrogens with one attached hydrogen (secondary N) is 1. The molecule has 1 N–H and O–H groups in total. The molecular formula is C21H18FNO. The molecule has 0 amide bonds. The molecule has 0 spiro atoms. The minimum absolute atomic E-state index is 0.0686. The minimum atomic E-state index is -0.280. The van der Waals surface area contributed by atoms with Crippen LogP contribution in [0, 0.1) is 5.82 Å². The van der Waals surface area contributed by atoms with Crippen molar-refractivity contribution in [2.75, 3.05) is 5.32 Å². The minimum Gasteiger partial charge on any atom is -0.378 e. The molecule has 3 rings (SSSR count). The Bertz CT molecular complexity index is 785. The highest BCUT2D eigenvalue weighted by molar-refractivity contribution is 5.96. The van der Waals surface area contributed by atoms with E-state index >= 15 is 0 Å². The van der Waals surface area contributed by atoms with Gasteiger partial charge < -0.3 is 5.32 Å². The molecule has 120 valence electrons. The Kier molecular flexibility index (Phi) is 5.02. The fourth-order valence-electron chi connectivity index (χ4n) is 2.61. The summed E-state index contributed by atoms with van der Waals surface area (Å²) in [6.07, 6.45) is 0.325. The summed E-state index contributed by atoms with van der Waals surface area (Å²) < 4.78 is 13.1. The van der Waals surface area contributed by atoms with Gasteiger partial charge in [-0.05, 0) is 29.8 Å². The van der Waals surface area contributed by atoms with Crippen molar-refractivity contribution in [1.29, 1.82) is 0 Å². The zero-order chi connectivity index (χ0) is 16.8. The predicted molar refractivity (Wildman–Crippen MR) is 94.6 cm³/mol. The molecule has 0 unspecified atom stereocenters. The van der Waals surface area contributed by atoms with Crippen LogP contribution < -0.4 is 5.32 Å². The first-order valence-corrected chi connectivity index (χ1v) is 7.87. The molecule has 0 bridgehead atoms. The zero-order valence-electron chi connectivity index (χ0n) is 13.2. The second-order valence-electron chi connectivity index (χ2n) is 5.61. The van der Waals surface area contributed by atoms with Crippen LogP contribution >= 0.6 is 0 Å². The summed E-state index contributed by atoms with van der Waals surface area (Å²) >= 11 is 0. The number of carbonyl (C=O) groups is 1.